The first-order valence-electron chi connectivity index (χ1n) is 17.4. The molecule has 296 valence electrons. The fourth-order valence-electron chi connectivity index (χ4n) is 4.50. The third kappa shape index (κ3) is 14.7. The van der Waals surface area contributed by atoms with E-state index in [1.807, 2.05) is 60.7 Å². The molecular weight excluding hydrogens is 822 g/mol. The molecule has 0 fully saturated rings. The van der Waals surface area contributed by atoms with E-state index in [2.05, 4.69) is 51.2 Å². The summed E-state index contributed by atoms with van der Waals surface area (Å²) >= 11 is 15.3. The van der Waals surface area contributed by atoms with Crippen LogP contribution in [0.4, 0.5) is 11.6 Å². The van der Waals surface area contributed by atoms with Gasteiger partial charge < -0.3 is 33.2 Å². The first-order valence-corrected chi connectivity index (χ1v) is 20.5. The first-order chi connectivity index (χ1) is 27.9. The molecule has 13 nitrogen and oxygen atoms in total. The Hall–Kier alpha value is -5.17. The Morgan fingerprint density at radius 3 is 1.46 bits per heavy atom. The number of hydrogen-bond donors (Lipinski definition) is 6. The quantitative estimate of drug-likeness (QED) is 0.0582. The van der Waals surface area contributed by atoms with Gasteiger partial charge >= 0.3 is 0 Å². The largest absolute Gasteiger partial charge is 0.367 e. The number of rotatable bonds is 10. The van der Waals surface area contributed by atoms with Gasteiger partial charge in [0.2, 0.25) is 0 Å². The maximum atomic E-state index is 11.8. The zero-order valence-electron chi connectivity index (χ0n) is 30.6. The standard InChI is InChI=1S/C15H14N4OS.C9H11N3S.C7H4ClNS.C6H4ClNO.C2H8N2/c20-15(12-6-3-4-8-16-12)18-10-9-17-14-11-5-1-2-7-13(11)21-19-14;10-5-6-11-9-7-3-1-2-4-8(7)13-12-9;8-7-5-3-1-2-4-6(5)10-9-7;7-6(9)5-3-1-2-4-8-5;3-1-2-4/h1-8H,9-10H2,(H,17,19)(H,18,20);1-4H,5-6,10H2,(H,11,12);1-4H;1-4H;1-4H2. The highest BCUT2D eigenvalue weighted by Gasteiger charge is 2.07. The van der Waals surface area contributed by atoms with Crippen molar-refractivity contribution in [2.75, 3.05) is 49.9 Å². The molecular formula is C39H41Cl2N11O2S3. The van der Waals surface area contributed by atoms with Gasteiger partial charge in [0, 0.05) is 67.8 Å². The van der Waals surface area contributed by atoms with Crippen LogP contribution in [0, 0.1) is 0 Å². The predicted octanol–water partition coefficient (Wildman–Crippen LogP) is 7.51. The predicted molar refractivity (Wildman–Crippen MR) is 239 cm³/mol. The second kappa shape index (κ2) is 25.2. The lowest BCUT2D eigenvalue weighted by molar-refractivity contribution is 0.0949. The van der Waals surface area contributed by atoms with E-state index in [4.69, 9.17) is 40.4 Å². The van der Waals surface area contributed by atoms with E-state index in [0.29, 0.717) is 49.3 Å². The lowest BCUT2D eigenvalue weighted by Crippen LogP contribution is -2.29. The van der Waals surface area contributed by atoms with Crippen molar-refractivity contribution >= 4 is 111 Å². The highest BCUT2D eigenvalue weighted by Crippen LogP contribution is 2.27. The summed E-state index contributed by atoms with van der Waals surface area (Å²) in [6, 6.07) is 34.4. The van der Waals surface area contributed by atoms with E-state index >= 15 is 0 Å². The Morgan fingerprint density at radius 1 is 0.544 bits per heavy atom. The number of nitrogens with one attached hydrogen (secondary N) is 3. The molecule has 0 aliphatic heterocycles. The number of fused-ring (bicyclic) bond motifs is 3. The summed E-state index contributed by atoms with van der Waals surface area (Å²) in [4.78, 5) is 29.9. The van der Waals surface area contributed by atoms with Crippen molar-refractivity contribution in [2.24, 2.45) is 17.2 Å². The number of anilines is 2. The highest BCUT2D eigenvalue weighted by molar-refractivity contribution is 7.14. The highest BCUT2D eigenvalue weighted by atomic mass is 35.5. The molecule has 0 saturated heterocycles. The van der Waals surface area contributed by atoms with Crippen molar-refractivity contribution in [3.8, 4) is 0 Å². The summed E-state index contributed by atoms with van der Waals surface area (Å²) in [6.07, 6.45) is 3.13. The lowest BCUT2D eigenvalue weighted by Gasteiger charge is -2.06. The molecule has 8 aromatic rings. The minimum atomic E-state index is -0.518. The fourth-order valence-corrected chi connectivity index (χ4v) is 7.12. The number of carbonyl (C=O) groups excluding carboxylic acids is 2. The van der Waals surface area contributed by atoms with Crippen LogP contribution in [0.3, 0.4) is 0 Å². The van der Waals surface area contributed by atoms with Crippen LogP contribution in [0.15, 0.2) is 122 Å². The average molecular weight is 863 g/mol. The van der Waals surface area contributed by atoms with Gasteiger partial charge in [0.25, 0.3) is 11.1 Å². The number of halogens is 2. The molecule has 0 aliphatic carbocycles. The van der Waals surface area contributed by atoms with Gasteiger partial charge in [-0.05, 0) is 101 Å². The number of carbonyl (C=O) groups is 2. The SMILES string of the molecule is Clc1nsc2ccccc12.NCCN.NCCNc1nsc2ccccc12.O=C(Cl)c1ccccn1.O=C(NCCNc1nsc2ccccc12)c1ccccn1. The molecule has 0 radical (unpaired) electrons. The molecule has 3 aromatic carbocycles. The number of nitrogens with two attached hydrogens (primary N) is 3. The van der Waals surface area contributed by atoms with Crippen LogP contribution in [0.5, 0.6) is 0 Å². The summed E-state index contributed by atoms with van der Waals surface area (Å²) in [7, 11) is 0. The molecule has 1 amide bonds. The lowest BCUT2D eigenvalue weighted by atomic mass is 10.2. The van der Waals surface area contributed by atoms with Gasteiger partial charge in [0.15, 0.2) is 5.15 Å². The van der Waals surface area contributed by atoms with Crippen molar-refractivity contribution in [1.82, 2.24) is 28.4 Å². The van der Waals surface area contributed by atoms with E-state index in [1.54, 1.807) is 42.6 Å². The maximum Gasteiger partial charge on any atom is 0.270 e. The molecule has 8 rings (SSSR count). The molecule has 0 saturated carbocycles. The van der Waals surface area contributed by atoms with Crippen LogP contribution in [-0.2, 0) is 0 Å². The van der Waals surface area contributed by atoms with Crippen molar-refractivity contribution in [3.63, 3.8) is 0 Å². The molecule has 9 N–H and O–H groups in total. The van der Waals surface area contributed by atoms with Crippen molar-refractivity contribution in [3.05, 3.63) is 138 Å². The van der Waals surface area contributed by atoms with Crippen molar-refractivity contribution in [2.45, 2.75) is 0 Å². The topological polar surface area (TPSA) is 213 Å². The van der Waals surface area contributed by atoms with Gasteiger partial charge in [-0.3, -0.25) is 19.6 Å². The smallest absolute Gasteiger partial charge is 0.270 e. The number of pyridine rings is 2. The van der Waals surface area contributed by atoms with E-state index in [0.717, 1.165) is 38.4 Å². The van der Waals surface area contributed by atoms with E-state index in [-0.39, 0.29) is 5.91 Å². The van der Waals surface area contributed by atoms with Crippen LogP contribution >= 0.6 is 57.8 Å². The summed E-state index contributed by atoms with van der Waals surface area (Å²) in [5, 5.41) is 12.7. The number of aromatic nitrogens is 5. The van der Waals surface area contributed by atoms with Gasteiger partial charge in [0.05, 0.1) is 14.1 Å². The Morgan fingerprint density at radius 2 is 1.00 bits per heavy atom. The van der Waals surface area contributed by atoms with Crippen LogP contribution in [0.1, 0.15) is 21.0 Å². The molecule has 0 atom stereocenters. The zero-order valence-corrected chi connectivity index (χ0v) is 34.5. The van der Waals surface area contributed by atoms with E-state index in [9.17, 15) is 9.59 Å². The van der Waals surface area contributed by atoms with E-state index in [1.165, 1.54) is 50.9 Å². The molecule has 5 aromatic heterocycles. The Bertz CT molecular complexity index is 2380. The normalized spacial score (nSPS) is 10.1. The van der Waals surface area contributed by atoms with Crippen molar-refractivity contribution < 1.29 is 9.59 Å². The number of hydrogen-bond acceptors (Lipinski definition) is 15. The maximum absolute atomic E-state index is 11.8. The van der Waals surface area contributed by atoms with Gasteiger partial charge in [-0.1, -0.05) is 66.2 Å². The first kappa shape index (κ1) is 44.5. The van der Waals surface area contributed by atoms with Crippen molar-refractivity contribution in [1.29, 1.82) is 0 Å². The summed E-state index contributed by atoms with van der Waals surface area (Å²) in [5.74, 6) is 1.65. The van der Waals surface area contributed by atoms with Crippen LogP contribution in [-0.4, -0.2) is 73.5 Å². The van der Waals surface area contributed by atoms with Crippen LogP contribution < -0.4 is 33.2 Å². The molecule has 0 aliphatic rings. The third-order valence-corrected chi connectivity index (χ3v) is 10.2. The Balaban J connectivity index is 0.000000172. The number of nitrogens with zero attached hydrogens (tertiary/aromatic N) is 5. The molecule has 5 heterocycles. The van der Waals surface area contributed by atoms with Crippen LogP contribution in [0.2, 0.25) is 5.15 Å². The summed E-state index contributed by atoms with van der Waals surface area (Å²) < 4.78 is 16.2. The number of amides is 1. The molecule has 18 heteroatoms. The molecule has 0 unspecified atom stereocenters. The van der Waals surface area contributed by atoms with Gasteiger partial charge in [-0.2, -0.15) is 13.1 Å². The molecule has 0 bridgehead atoms. The third-order valence-electron chi connectivity index (χ3n) is 7.16. The minimum absolute atomic E-state index is 0.166. The zero-order chi connectivity index (χ0) is 40.7. The van der Waals surface area contributed by atoms with Crippen LogP contribution in [0.25, 0.3) is 30.3 Å². The number of benzene rings is 3. The average Bonchev–Trinajstić information content (AvgIpc) is 4.00. The van der Waals surface area contributed by atoms with Gasteiger partial charge in [-0.15, -0.1) is 0 Å². The Kier molecular flexibility index (Phi) is 19.7. The second-order valence-corrected chi connectivity index (χ2v) is 14.3. The summed E-state index contributed by atoms with van der Waals surface area (Å²) in [5.41, 5.74) is 15.9. The Labute approximate surface area is 352 Å². The van der Waals surface area contributed by atoms with Gasteiger partial charge in [0.1, 0.15) is 23.0 Å². The second-order valence-electron chi connectivity index (χ2n) is 11.2. The van der Waals surface area contributed by atoms with Gasteiger partial charge in [-0.25, -0.2) is 0 Å². The minimum Gasteiger partial charge on any atom is -0.367 e. The molecule has 0 spiro atoms. The fraction of sp³-hybridized carbons (Fsp3) is 0.154. The van der Waals surface area contributed by atoms with E-state index < -0.39 is 5.24 Å². The molecule has 57 heavy (non-hydrogen) atoms. The summed E-state index contributed by atoms with van der Waals surface area (Å²) in [6.45, 7) is 3.73. The monoisotopic (exact) mass is 861 g/mol.